The Hall–Kier alpha value is -2.16. The Morgan fingerprint density at radius 1 is 1.45 bits per heavy atom. The van der Waals surface area contributed by atoms with Gasteiger partial charge in [0.1, 0.15) is 0 Å². The third kappa shape index (κ3) is 4.17. The van der Waals surface area contributed by atoms with Crippen LogP contribution >= 0.6 is 0 Å². The van der Waals surface area contributed by atoms with E-state index in [-0.39, 0.29) is 29.6 Å². The van der Waals surface area contributed by atoms with Crippen molar-refractivity contribution < 1.29 is 18.1 Å². The number of rotatable bonds is 5. The summed E-state index contributed by atoms with van der Waals surface area (Å²) in [6.07, 6.45) is 0.387. The zero-order valence-electron chi connectivity index (χ0n) is 12.0. The Morgan fingerprint density at radius 2 is 2.18 bits per heavy atom. The quantitative estimate of drug-likeness (QED) is 0.607. The van der Waals surface area contributed by atoms with E-state index in [2.05, 4.69) is 10.6 Å². The number of hydrogen-bond acceptors (Lipinski definition) is 6. The highest BCUT2D eigenvalue weighted by Gasteiger charge is 2.39. The molecule has 0 spiro atoms. The molecule has 1 aliphatic rings. The molecule has 0 saturated carbocycles. The molecule has 0 aliphatic carbocycles. The van der Waals surface area contributed by atoms with E-state index in [0.717, 1.165) is 0 Å². The van der Waals surface area contributed by atoms with Crippen LogP contribution in [0.2, 0.25) is 0 Å². The van der Waals surface area contributed by atoms with Crippen molar-refractivity contribution in [2.75, 3.05) is 23.4 Å². The number of nitrogens with one attached hydrogen (secondary N) is 2. The number of hydrogen-bond donors (Lipinski definition) is 2. The third-order valence-corrected chi connectivity index (χ3v) is 5.36. The average Bonchev–Trinajstić information content (AvgIpc) is 2.70. The van der Waals surface area contributed by atoms with Gasteiger partial charge in [0.15, 0.2) is 9.84 Å². The largest absolute Gasteiger partial charge is 0.376 e. The number of non-ortho nitro benzene ring substituents is 1. The lowest BCUT2D eigenvalue weighted by Crippen LogP contribution is -2.48. The zero-order valence-corrected chi connectivity index (χ0v) is 12.9. The van der Waals surface area contributed by atoms with Crippen molar-refractivity contribution >= 4 is 27.1 Å². The number of carbonyl (C=O) groups is 1. The summed E-state index contributed by atoms with van der Waals surface area (Å²) < 4.78 is 23.0. The van der Waals surface area contributed by atoms with Crippen molar-refractivity contribution in [3.8, 4) is 0 Å². The first kappa shape index (κ1) is 16.2. The second kappa shape index (κ2) is 5.91. The van der Waals surface area contributed by atoms with Gasteiger partial charge in [-0.25, -0.2) is 8.42 Å². The molecule has 0 bridgehead atoms. The van der Waals surface area contributed by atoms with Crippen LogP contribution in [0.4, 0.5) is 11.4 Å². The van der Waals surface area contributed by atoms with Gasteiger partial charge in [-0.05, 0) is 19.4 Å². The van der Waals surface area contributed by atoms with E-state index in [9.17, 15) is 23.3 Å². The molecule has 9 heteroatoms. The summed E-state index contributed by atoms with van der Waals surface area (Å²) in [6, 6.07) is 5.82. The Kier molecular flexibility index (Phi) is 4.36. The van der Waals surface area contributed by atoms with Crippen LogP contribution in [-0.4, -0.2) is 42.8 Å². The molecule has 2 N–H and O–H groups in total. The molecule has 1 saturated heterocycles. The molecule has 0 radical (unpaired) electrons. The molecule has 1 aliphatic heterocycles. The van der Waals surface area contributed by atoms with Gasteiger partial charge in [0.2, 0.25) is 5.91 Å². The average molecular weight is 327 g/mol. The second-order valence-electron chi connectivity index (χ2n) is 5.61. The van der Waals surface area contributed by atoms with Crippen molar-refractivity contribution in [3.05, 3.63) is 34.4 Å². The van der Waals surface area contributed by atoms with Crippen molar-refractivity contribution in [1.82, 2.24) is 5.32 Å². The summed E-state index contributed by atoms with van der Waals surface area (Å²) in [5.74, 6) is -0.351. The maximum absolute atomic E-state index is 11.9. The van der Waals surface area contributed by atoms with Gasteiger partial charge in [-0.15, -0.1) is 0 Å². The molecular weight excluding hydrogens is 310 g/mol. The molecule has 1 atom stereocenters. The summed E-state index contributed by atoms with van der Waals surface area (Å²) in [7, 11) is -3.09. The van der Waals surface area contributed by atoms with E-state index in [4.69, 9.17) is 0 Å². The summed E-state index contributed by atoms with van der Waals surface area (Å²) in [5.41, 5.74) is -0.367. The maximum atomic E-state index is 11.9. The van der Waals surface area contributed by atoms with Crippen LogP contribution in [0.25, 0.3) is 0 Å². The Balaban J connectivity index is 1.91. The number of nitrogens with zero attached hydrogens (tertiary/aromatic N) is 1. The minimum atomic E-state index is -3.09. The number of anilines is 1. The predicted octanol–water partition coefficient (Wildman–Crippen LogP) is 0.700. The van der Waals surface area contributed by atoms with Gasteiger partial charge in [0.05, 0.1) is 28.5 Å². The van der Waals surface area contributed by atoms with Gasteiger partial charge in [-0.2, -0.15) is 0 Å². The van der Waals surface area contributed by atoms with E-state index < -0.39 is 20.3 Å². The van der Waals surface area contributed by atoms with Gasteiger partial charge in [0, 0.05) is 17.8 Å². The van der Waals surface area contributed by atoms with Crippen LogP contribution in [0.1, 0.15) is 13.3 Å². The Labute approximate surface area is 128 Å². The molecule has 22 heavy (non-hydrogen) atoms. The lowest BCUT2D eigenvalue weighted by atomic mass is 10.0. The number of sulfone groups is 1. The topological polar surface area (TPSA) is 118 Å². The fraction of sp³-hybridized carbons (Fsp3) is 0.462. The minimum Gasteiger partial charge on any atom is -0.376 e. The normalized spacial score (nSPS) is 23.0. The zero-order chi connectivity index (χ0) is 16.4. The minimum absolute atomic E-state index is 0.0669. The highest BCUT2D eigenvalue weighted by atomic mass is 32.2. The van der Waals surface area contributed by atoms with Crippen molar-refractivity contribution in [2.24, 2.45) is 0 Å². The van der Waals surface area contributed by atoms with Crippen molar-refractivity contribution in [3.63, 3.8) is 0 Å². The standard InChI is InChI=1S/C13H17N3O5S/c1-13(5-6-22(20,21)9-13)15-12(17)8-14-10-3-2-4-11(7-10)16(18)19/h2-4,7,14H,5-6,8-9H2,1H3,(H,15,17)/t13-/m0/s1. The van der Waals surface area contributed by atoms with Gasteiger partial charge in [-0.1, -0.05) is 6.07 Å². The lowest BCUT2D eigenvalue weighted by molar-refractivity contribution is -0.384. The molecular formula is C13H17N3O5S. The Bertz CT molecular complexity index is 703. The molecule has 120 valence electrons. The van der Waals surface area contributed by atoms with Crippen LogP contribution in [0.5, 0.6) is 0 Å². The second-order valence-corrected chi connectivity index (χ2v) is 7.80. The number of nitro groups is 1. The van der Waals surface area contributed by atoms with E-state index in [1.165, 1.54) is 18.2 Å². The van der Waals surface area contributed by atoms with Gasteiger partial charge < -0.3 is 10.6 Å². The van der Waals surface area contributed by atoms with Gasteiger partial charge in [0.25, 0.3) is 5.69 Å². The predicted molar refractivity (Wildman–Crippen MR) is 81.4 cm³/mol. The smallest absolute Gasteiger partial charge is 0.271 e. The van der Waals surface area contributed by atoms with Crippen LogP contribution < -0.4 is 10.6 Å². The van der Waals surface area contributed by atoms with Gasteiger partial charge >= 0.3 is 0 Å². The van der Waals surface area contributed by atoms with Crippen molar-refractivity contribution in [2.45, 2.75) is 18.9 Å². The first-order valence-electron chi connectivity index (χ1n) is 6.69. The molecule has 1 amide bonds. The number of carbonyl (C=O) groups excluding carboxylic acids is 1. The van der Waals surface area contributed by atoms with E-state index >= 15 is 0 Å². The SMILES string of the molecule is C[C@]1(NC(=O)CNc2cccc([N+](=O)[O-])c2)CCS(=O)(=O)C1. The monoisotopic (exact) mass is 327 g/mol. The van der Waals surface area contributed by atoms with E-state index in [1.807, 2.05) is 0 Å². The molecule has 0 aromatic heterocycles. The molecule has 1 aromatic rings. The summed E-state index contributed by atoms with van der Waals surface area (Å²) in [5, 5.41) is 16.2. The maximum Gasteiger partial charge on any atom is 0.271 e. The first-order valence-corrected chi connectivity index (χ1v) is 8.51. The Morgan fingerprint density at radius 3 is 2.77 bits per heavy atom. The third-order valence-electron chi connectivity index (χ3n) is 3.45. The number of amides is 1. The summed E-state index contributed by atoms with van der Waals surface area (Å²) in [4.78, 5) is 22.1. The van der Waals surface area contributed by atoms with E-state index in [1.54, 1.807) is 13.0 Å². The van der Waals surface area contributed by atoms with Crippen LogP contribution in [0.15, 0.2) is 24.3 Å². The molecule has 1 aromatic carbocycles. The fourth-order valence-electron chi connectivity index (χ4n) is 2.40. The highest BCUT2D eigenvalue weighted by Crippen LogP contribution is 2.22. The van der Waals surface area contributed by atoms with Crippen LogP contribution in [0, 0.1) is 10.1 Å². The molecule has 0 unspecified atom stereocenters. The van der Waals surface area contributed by atoms with Crippen LogP contribution in [0.3, 0.4) is 0 Å². The first-order chi connectivity index (χ1) is 10.2. The fourth-order valence-corrected chi connectivity index (χ4v) is 4.49. The summed E-state index contributed by atoms with van der Waals surface area (Å²) >= 11 is 0. The number of nitro benzene ring substituents is 1. The van der Waals surface area contributed by atoms with Gasteiger partial charge in [-0.3, -0.25) is 14.9 Å². The number of benzene rings is 1. The van der Waals surface area contributed by atoms with Crippen molar-refractivity contribution in [1.29, 1.82) is 0 Å². The van der Waals surface area contributed by atoms with E-state index in [0.29, 0.717) is 12.1 Å². The van der Waals surface area contributed by atoms with Crippen LogP contribution in [-0.2, 0) is 14.6 Å². The summed E-state index contributed by atoms with van der Waals surface area (Å²) in [6.45, 7) is 1.61. The highest BCUT2D eigenvalue weighted by molar-refractivity contribution is 7.91. The molecule has 2 rings (SSSR count). The molecule has 8 nitrogen and oxygen atoms in total. The molecule has 1 heterocycles. The molecule has 1 fully saturated rings. The lowest BCUT2D eigenvalue weighted by Gasteiger charge is -2.24.